The third-order valence-corrected chi connectivity index (χ3v) is 3.72. The molecule has 1 aliphatic heterocycles. The molecule has 120 valence electrons. The highest BCUT2D eigenvalue weighted by Gasteiger charge is 2.18. The Morgan fingerprint density at radius 2 is 2.00 bits per heavy atom. The molecule has 1 saturated heterocycles. The van der Waals surface area contributed by atoms with Gasteiger partial charge in [-0.2, -0.15) is 0 Å². The summed E-state index contributed by atoms with van der Waals surface area (Å²) in [6.07, 6.45) is 5.94. The Morgan fingerprint density at radius 3 is 2.68 bits per heavy atom. The predicted octanol–water partition coefficient (Wildman–Crippen LogP) is 1.47. The summed E-state index contributed by atoms with van der Waals surface area (Å²) in [5.41, 5.74) is 0.783. The average Bonchev–Trinajstić information content (AvgIpc) is 2.83. The van der Waals surface area contributed by atoms with Crippen molar-refractivity contribution in [1.82, 2.24) is 15.2 Å². The summed E-state index contributed by atoms with van der Waals surface area (Å²) in [6.45, 7) is 2.44. The minimum Gasteiger partial charge on any atom is -0.383 e. The van der Waals surface area contributed by atoms with Gasteiger partial charge in [0.15, 0.2) is 0 Å². The Kier molecular flexibility index (Phi) is 6.33. The molecule has 0 bridgehead atoms. The van der Waals surface area contributed by atoms with Gasteiger partial charge in [0.05, 0.1) is 6.61 Å². The Bertz CT molecular complexity index is 511. The molecule has 1 N–H and O–H groups in total. The first-order valence-corrected chi connectivity index (χ1v) is 7.75. The highest BCUT2D eigenvalue weighted by Crippen LogP contribution is 2.13. The molecule has 2 heterocycles. The van der Waals surface area contributed by atoms with Gasteiger partial charge in [0.2, 0.25) is 0 Å². The molecule has 1 aliphatic rings. The maximum Gasteiger partial charge on any atom is 0.269 e. The van der Waals surface area contributed by atoms with Crippen molar-refractivity contribution in [2.45, 2.75) is 25.7 Å². The normalized spacial score (nSPS) is 15.2. The van der Waals surface area contributed by atoms with Gasteiger partial charge in [0.25, 0.3) is 11.8 Å². The van der Waals surface area contributed by atoms with Crippen LogP contribution in [0.4, 0.5) is 0 Å². The SMILES string of the molecule is COCCNC(=O)c1cc(C(=O)N2CCCCCC2)ccn1. The molecular weight excluding hydrogens is 282 g/mol. The number of aromatic nitrogens is 1. The van der Waals surface area contributed by atoms with Gasteiger partial charge in [-0.3, -0.25) is 14.6 Å². The first-order valence-electron chi connectivity index (χ1n) is 7.75. The number of methoxy groups -OCH3 is 1. The van der Waals surface area contributed by atoms with E-state index >= 15 is 0 Å². The molecule has 0 unspecified atom stereocenters. The number of ether oxygens (including phenoxy) is 1. The van der Waals surface area contributed by atoms with Crippen LogP contribution in [0.5, 0.6) is 0 Å². The summed E-state index contributed by atoms with van der Waals surface area (Å²) in [7, 11) is 1.57. The molecule has 22 heavy (non-hydrogen) atoms. The molecule has 0 aliphatic carbocycles. The van der Waals surface area contributed by atoms with Crippen molar-refractivity contribution >= 4 is 11.8 Å². The maximum absolute atomic E-state index is 12.5. The van der Waals surface area contributed by atoms with Crippen LogP contribution >= 0.6 is 0 Å². The number of hydrogen-bond acceptors (Lipinski definition) is 4. The second kappa shape index (κ2) is 8.48. The third kappa shape index (κ3) is 4.53. The van der Waals surface area contributed by atoms with Gasteiger partial charge in [-0.05, 0) is 25.0 Å². The van der Waals surface area contributed by atoms with Gasteiger partial charge < -0.3 is 15.0 Å². The van der Waals surface area contributed by atoms with E-state index in [-0.39, 0.29) is 17.5 Å². The molecule has 1 aromatic rings. The minimum atomic E-state index is -0.289. The van der Waals surface area contributed by atoms with E-state index in [1.165, 1.54) is 19.0 Å². The fourth-order valence-corrected chi connectivity index (χ4v) is 2.50. The number of amides is 2. The van der Waals surface area contributed by atoms with Crippen molar-refractivity contribution < 1.29 is 14.3 Å². The first kappa shape index (κ1) is 16.4. The number of carbonyl (C=O) groups is 2. The number of nitrogens with zero attached hydrogens (tertiary/aromatic N) is 2. The van der Waals surface area contributed by atoms with Gasteiger partial charge >= 0.3 is 0 Å². The number of nitrogens with one attached hydrogen (secondary N) is 1. The van der Waals surface area contributed by atoms with E-state index in [9.17, 15) is 9.59 Å². The molecule has 0 saturated carbocycles. The van der Waals surface area contributed by atoms with Crippen LogP contribution in [0, 0.1) is 0 Å². The molecule has 6 heteroatoms. The quantitative estimate of drug-likeness (QED) is 0.836. The zero-order chi connectivity index (χ0) is 15.8. The smallest absolute Gasteiger partial charge is 0.269 e. The molecule has 2 amide bonds. The molecule has 6 nitrogen and oxygen atoms in total. The number of likely N-dealkylation sites (tertiary alicyclic amines) is 1. The highest BCUT2D eigenvalue weighted by atomic mass is 16.5. The van der Waals surface area contributed by atoms with Crippen molar-refractivity contribution in [2.24, 2.45) is 0 Å². The van der Waals surface area contributed by atoms with Crippen LogP contribution in [0.25, 0.3) is 0 Å². The lowest BCUT2D eigenvalue weighted by atomic mass is 10.2. The van der Waals surface area contributed by atoms with Crippen molar-refractivity contribution in [1.29, 1.82) is 0 Å². The van der Waals surface area contributed by atoms with E-state index in [0.29, 0.717) is 18.7 Å². The second-order valence-electron chi connectivity index (χ2n) is 5.38. The monoisotopic (exact) mass is 305 g/mol. The zero-order valence-electron chi connectivity index (χ0n) is 13.0. The van der Waals surface area contributed by atoms with Crippen molar-refractivity contribution in [3.05, 3.63) is 29.6 Å². The molecular formula is C16H23N3O3. The van der Waals surface area contributed by atoms with E-state index in [0.717, 1.165) is 25.9 Å². The fourth-order valence-electron chi connectivity index (χ4n) is 2.50. The van der Waals surface area contributed by atoms with Crippen LogP contribution in [0.2, 0.25) is 0 Å². The zero-order valence-corrected chi connectivity index (χ0v) is 13.0. The summed E-state index contributed by atoms with van der Waals surface area (Å²) in [6, 6.07) is 3.23. The van der Waals surface area contributed by atoms with Crippen LogP contribution < -0.4 is 5.32 Å². The Morgan fingerprint density at radius 1 is 1.27 bits per heavy atom. The molecule has 1 fully saturated rings. The van der Waals surface area contributed by atoms with E-state index in [1.54, 1.807) is 19.2 Å². The molecule has 0 radical (unpaired) electrons. The Labute approximate surface area is 130 Å². The summed E-state index contributed by atoms with van der Waals surface area (Å²) >= 11 is 0. The predicted molar refractivity (Wildman–Crippen MR) is 82.8 cm³/mol. The van der Waals surface area contributed by atoms with E-state index in [1.807, 2.05) is 4.90 Å². The lowest BCUT2D eigenvalue weighted by molar-refractivity contribution is 0.0761. The van der Waals surface area contributed by atoms with Gasteiger partial charge in [-0.25, -0.2) is 0 Å². The van der Waals surface area contributed by atoms with Crippen LogP contribution in [0.1, 0.15) is 46.5 Å². The van der Waals surface area contributed by atoms with Crippen LogP contribution in [0.3, 0.4) is 0 Å². The van der Waals surface area contributed by atoms with E-state index < -0.39 is 0 Å². The lowest BCUT2D eigenvalue weighted by Gasteiger charge is -2.20. The van der Waals surface area contributed by atoms with Gasteiger partial charge in [-0.15, -0.1) is 0 Å². The van der Waals surface area contributed by atoms with Crippen LogP contribution in [-0.4, -0.2) is 55.0 Å². The highest BCUT2D eigenvalue weighted by molar-refractivity contribution is 5.98. The summed E-state index contributed by atoms with van der Waals surface area (Å²) in [4.78, 5) is 30.4. The summed E-state index contributed by atoms with van der Waals surface area (Å²) in [5.74, 6) is -0.308. The van der Waals surface area contributed by atoms with Gasteiger partial charge in [0, 0.05) is 38.5 Å². The Balaban J connectivity index is 2.03. The topological polar surface area (TPSA) is 71.5 Å². The molecule has 0 aromatic carbocycles. The summed E-state index contributed by atoms with van der Waals surface area (Å²) < 4.78 is 4.89. The molecule has 0 spiro atoms. The fraction of sp³-hybridized carbons (Fsp3) is 0.562. The number of rotatable bonds is 5. The maximum atomic E-state index is 12.5. The van der Waals surface area contributed by atoms with Crippen molar-refractivity contribution in [3.63, 3.8) is 0 Å². The Hall–Kier alpha value is -1.95. The van der Waals surface area contributed by atoms with Crippen molar-refractivity contribution in [2.75, 3.05) is 33.4 Å². The van der Waals surface area contributed by atoms with Gasteiger partial charge in [0.1, 0.15) is 5.69 Å². The standard InChI is InChI=1S/C16H23N3O3/c1-22-11-8-18-15(20)14-12-13(6-7-17-14)16(21)19-9-4-2-3-5-10-19/h6-7,12H,2-5,8-11H2,1H3,(H,18,20). The van der Waals surface area contributed by atoms with Crippen molar-refractivity contribution in [3.8, 4) is 0 Å². The number of carbonyl (C=O) groups excluding carboxylic acids is 2. The number of pyridine rings is 1. The van der Waals surface area contributed by atoms with Gasteiger partial charge in [-0.1, -0.05) is 12.8 Å². The van der Waals surface area contributed by atoms with E-state index in [4.69, 9.17) is 4.74 Å². The lowest BCUT2D eigenvalue weighted by Crippen LogP contribution is -2.32. The molecule has 1 aromatic heterocycles. The number of hydrogen-bond donors (Lipinski definition) is 1. The molecule has 0 atom stereocenters. The van der Waals surface area contributed by atoms with Crippen LogP contribution in [-0.2, 0) is 4.74 Å². The van der Waals surface area contributed by atoms with Crippen LogP contribution in [0.15, 0.2) is 18.3 Å². The third-order valence-electron chi connectivity index (χ3n) is 3.72. The van der Waals surface area contributed by atoms with E-state index in [2.05, 4.69) is 10.3 Å². The largest absolute Gasteiger partial charge is 0.383 e. The first-order chi connectivity index (χ1) is 10.7. The average molecular weight is 305 g/mol. The minimum absolute atomic E-state index is 0.0183. The molecule has 2 rings (SSSR count). The second-order valence-corrected chi connectivity index (χ2v) is 5.38. The summed E-state index contributed by atoms with van der Waals surface area (Å²) in [5, 5.41) is 2.70.